The number of carbonyl (C=O) groups is 1. The van der Waals surface area contributed by atoms with Gasteiger partial charge >= 0.3 is 5.97 Å². The Kier molecular flexibility index (Phi) is 8.53. The number of aliphatic carboxylic acids is 1. The van der Waals surface area contributed by atoms with E-state index in [4.69, 9.17) is 14.5 Å². The summed E-state index contributed by atoms with van der Waals surface area (Å²) >= 11 is 10.3. The van der Waals surface area contributed by atoms with E-state index < -0.39 is 12.1 Å². The highest BCUT2D eigenvalue weighted by atomic mass is 79.9. The van der Waals surface area contributed by atoms with E-state index in [2.05, 4.69) is 52.9 Å². The van der Waals surface area contributed by atoms with Crippen molar-refractivity contribution in [2.45, 2.75) is 39.2 Å². The average Bonchev–Trinajstić information content (AvgIpc) is 2.81. The predicted molar refractivity (Wildman–Crippen MR) is 142 cm³/mol. The van der Waals surface area contributed by atoms with Crippen LogP contribution >= 0.6 is 47.8 Å². The van der Waals surface area contributed by atoms with Crippen LogP contribution in [0.4, 0.5) is 0 Å². The molecule has 0 unspecified atom stereocenters. The summed E-state index contributed by atoms with van der Waals surface area (Å²) in [5.74, 6) is -0.0224. The standard InChI is InChI=1S/C23H22Br3N3O5/c1-5-11(2)21-28-16-7-6-14(24)9-15(16)22(30)29(21)27-10-13-8-17(33-4)20(19(26)18(13)25)34-12(3)23(31)32/h6-12H,5H2,1-4H3,(H,31,32)/t11-,12+/m1/s1. The molecule has 0 amide bonds. The summed E-state index contributed by atoms with van der Waals surface area (Å²) in [5.41, 5.74) is 0.903. The Hall–Kier alpha value is -2.24. The van der Waals surface area contributed by atoms with Crippen molar-refractivity contribution in [1.82, 2.24) is 9.66 Å². The van der Waals surface area contributed by atoms with E-state index in [0.29, 0.717) is 37.0 Å². The van der Waals surface area contributed by atoms with Crippen LogP contribution < -0.4 is 15.0 Å². The molecule has 2 atom stereocenters. The van der Waals surface area contributed by atoms with Crippen molar-refractivity contribution in [3.8, 4) is 11.5 Å². The number of halogens is 3. The van der Waals surface area contributed by atoms with Gasteiger partial charge in [0.05, 0.1) is 28.7 Å². The maximum absolute atomic E-state index is 13.3. The predicted octanol–water partition coefficient (Wildman–Crippen LogP) is 5.94. The van der Waals surface area contributed by atoms with Crippen molar-refractivity contribution in [3.05, 3.63) is 59.4 Å². The van der Waals surface area contributed by atoms with Gasteiger partial charge in [-0.25, -0.2) is 9.78 Å². The number of aromatic nitrogens is 2. The van der Waals surface area contributed by atoms with Gasteiger partial charge in [-0.2, -0.15) is 9.78 Å². The second-order valence-corrected chi connectivity index (χ2v) is 10.0. The minimum absolute atomic E-state index is 0.00380. The smallest absolute Gasteiger partial charge is 0.344 e. The maximum Gasteiger partial charge on any atom is 0.344 e. The van der Waals surface area contributed by atoms with Crippen LogP contribution in [0.2, 0.25) is 0 Å². The number of nitrogens with zero attached hydrogens (tertiary/aromatic N) is 3. The lowest BCUT2D eigenvalue weighted by Crippen LogP contribution is -2.24. The zero-order valence-electron chi connectivity index (χ0n) is 18.8. The quantitative estimate of drug-likeness (QED) is 0.300. The van der Waals surface area contributed by atoms with Crippen LogP contribution in [0.15, 0.2) is 47.6 Å². The number of methoxy groups -OCH3 is 1. The molecule has 2 aromatic carbocycles. The van der Waals surface area contributed by atoms with E-state index in [1.54, 1.807) is 18.2 Å². The van der Waals surface area contributed by atoms with Gasteiger partial charge in [-0.05, 0) is 69.5 Å². The second kappa shape index (κ2) is 11.0. The first-order valence-electron chi connectivity index (χ1n) is 10.3. The molecule has 0 aliphatic heterocycles. The third-order valence-electron chi connectivity index (χ3n) is 5.22. The fourth-order valence-electron chi connectivity index (χ4n) is 3.09. The number of hydrogen-bond donors (Lipinski definition) is 1. The molecule has 0 saturated carbocycles. The molecule has 0 fully saturated rings. The zero-order chi connectivity index (χ0) is 25.2. The van der Waals surface area contributed by atoms with Crippen molar-refractivity contribution < 1.29 is 19.4 Å². The summed E-state index contributed by atoms with van der Waals surface area (Å²) in [7, 11) is 1.45. The van der Waals surface area contributed by atoms with Gasteiger partial charge in [0.15, 0.2) is 17.6 Å². The summed E-state index contributed by atoms with van der Waals surface area (Å²) < 4.78 is 14.1. The first-order chi connectivity index (χ1) is 16.1. The first kappa shape index (κ1) is 26.4. The van der Waals surface area contributed by atoms with Gasteiger partial charge in [0.2, 0.25) is 0 Å². The minimum Gasteiger partial charge on any atom is -0.493 e. The monoisotopic (exact) mass is 657 g/mol. The number of carboxylic acid groups (broad SMARTS) is 1. The van der Waals surface area contributed by atoms with Crippen LogP contribution in [0, 0.1) is 0 Å². The average molecular weight is 660 g/mol. The molecule has 34 heavy (non-hydrogen) atoms. The fourth-order valence-corrected chi connectivity index (χ4v) is 4.36. The molecular formula is C23H22Br3N3O5. The molecule has 1 heterocycles. The highest BCUT2D eigenvalue weighted by molar-refractivity contribution is 9.13. The molecule has 0 spiro atoms. The van der Waals surface area contributed by atoms with Crippen LogP contribution in [-0.4, -0.2) is 40.2 Å². The van der Waals surface area contributed by atoms with E-state index in [0.717, 1.165) is 10.9 Å². The lowest BCUT2D eigenvalue weighted by Gasteiger charge is -2.17. The van der Waals surface area contributed by atoms with Crippen LogP contribution in [0.3, 0.4) is 0 Å². The molecule has 0 radical (unpaired) electrons. The van der Waals surface area contributed by atoms with Crippen molar-refractivity contribution in [1.29, 1.82) is 0 Å². The Morgan fingerprint density at radius 2 is 1.94 bits per heavy atom. The second-order valence-electron chi connectivity index (χ2n) is 7.53. The molecule has 0 aliphatic rings. The molecule has 0 bridgehead atoms. The number of fused-ring (bicyclic) bond motifs is 1. The third kappa shape index (κ3) is 5.36. The van der Waals surface area contributed by atoms with Gasteiger partial charge in [0.1, 0.15) is 5.82 Å². The van der Waals surface area contributed by atoms with Crippen molar-refractivity contribution in [3.63, 3.8) is 0 Å². The third-order valence-corrected chi connectivity index (χ3v) is 7.85. The number of ether oxygens (including phenoxy) is 2. The van der Waals surface area contributed by atoms with Gasteiger partial charge in [0, 0.05) is 20.4 Å². The van der Waals surface area contributed by atoms with E-state index in [-0.39, 0.29) is 17.2 Å². The topological polar surface area (TPSA) is 103 Å². The number of benzene rings is 2. The first-order valence-corrected chi connectivity index (χ1v) is 12.7. The van der Waals surface area contributed by atoms with Gasteiger partial charge in [0.25, 0.3) is 5.56 Å². The molecule has 3 aromatic rings. The summed E-state index contributed by atoms with van der Waals surface area (Å²) in [6.45, 7) is 5.43. The molecule has 8 nitrogen and oxygen atoms in total. The van der Waals surface area contributed by atoms with Crippen LogP contribution in [-0.2, 0) is 4.79 Å². The van der Waals surface area contributed by atoms with Gasteiger partial charge in [-0.3, -0.25) is 4.79 Å². The summed E-state index contributed by atoms with van der Waals surface area (Å²) in [6, 6.07) is 7.01. The molecule has 1 aromatic heterocycles. The van der Waals surface area contributed by atoms with E-state index >= 15 is 0 Å². The molecule has 0 aliphatic carbocycles. The van der Waals surface area contributed by atoms with E-state index in [9.17, 15) is 14.7 Å². The molecule has 180 valence electrons. The highest BCUT2D eigenvalue weighted by Crippen LogP contribution is 2.42. The summed E-state index contributed by atoms with van der Waals surface area (Å²) in [5, 5.41) is 14.1. The van der Waals surface area contributed by atoms with Crippen LogP contribution in [0.5, 0.6) is 11.5 Å². The number of rotatable bonds is 8. The van der Waals surface area contributed by atoms with Crippen LogP contribution in [0.25, 0.3) is 10.9 Å². The minimum atomic E-state index is -1.11. The SMILES string of the molecule is CC[C@@H](C)c1nc2ccc(Br)cc2c(=O)n1N=Cc1cc(OC)c(O[C@@H](C)C(=O)O)c(Br)c1Br. The number of hydrogen-bond acceptors (Lipinski definition) is 6. The Morgan fingerprint density at radius 3 is 2.56 bits per heavy atom. The number of carboxylic acids is 1. The Labute approximate surface area is 221 Å². The van der Waals surface area contributed by atoms with Gasteiger partial charge in [-0.1, -0.05) is 29.8 Å². The lowest BCUT2D eigenvalue weighted by molar-refractivity contribution is -0.144. The van der Waals surface area contributed by atoms with E-state index in [1.165, 1.54) is 24.9 Å². The van der Waals surface area contributed by atoms with Gasteiger partial charge in [-0.15, -0.1) is 0 Å². The Bertz CT molecular complexity index is 1340. The largest absolute Gasteiger partial charge is 0.493 e. The van der Waals surface area contributed by atoms with Gasteiger partial charge < -0.3 is 14.6 Å². The Morgan fingerprint density at radius 1 is 1.24 bits per heavy atom. The molecule has 0 saturated heterocycles. The molecule has 11 heteroatoms. The van der Waals surface area contributed by atoms with Crippen molar-refractivity contribution in [2.75, 3.05) is 7.11 Å². The van der Waals surface area contributed by atoms with Crippen molar-refractivity contribution >= 4 is 70.9 Å². The van der Waals surface area contributed by atoms with Crippen molar-refractivity contribution in [2.24, 2.45) is 5.10 Å². The van der Waals surface area contributed by atoms with Crippen LogP contribution in [0.1, 0.15) is 44.5 Å². The zero-order valence-corrected chi connectivity index (χ0v) is 23.6. The normalized spacial score (nSPS) is 13.3. The summed E-state index contributed by atoms with van der Waals surface area (Å²) in [4.78, 5) is 29.3. The Balaban J connectivity index is 2.16. The summed E-state index contributed by atoms with van der Waals surface area (Å²) in [6.07, 6.45) is 1.21. The highest BCUT2D eigenvalue weighted by Gasteiger charge is 2.22. The molecule has 1 N–H and O–H groups in total. The van der Waals surface area contributed by atoms with E-state index in [1.807, 2.05) is 19.9 Å². The lowest BCUT2D eigenvalue weighted by atomic mass is 10.1. The maximum atomic E-state index is 13.3. The molecule has 3 rings (SSSR count). The fraction of sp³-hybridized carbons (Fsp3) is 0.304. The molecular weight excluding hydrogens is 638 g/mol.